The molecule has 0 heterocycles. The zero-order valence-corrected chi connectivity index (χ0v) is 37.0. The SMILES string of the molecule is Brc1cc(Br)c(O[13c]2[13cH][13cH][13c](Br)[13c](Br)[13c]2Br)cc1Br.Brc1ccc(O[13c]2[13cH][13c](Br)[13c](Br)[13cH][13c]2Br)c(Br)c1Br. The molecule has 0 saturated heterocycles. The Hall–Kier alpha value is 2.24. The molecule has 4 rings (SSSR count). The lowest BCUT2D eigenvalue weighted by atomic mass is 10.3. The van der Waals surface area contributed by atoms with Crippen molar-refractivity contribution in [1.29, 1.82) is 0 Å². The van der Waals surface area contributed by atoms with E-state index in [1.165, 1.54) is 0 Å². The Kier molecular flexibility index (Phi) is 14.5. The molecule has 14 heteroatoms. The number of hydrogen-bond acceptors (Lipinski definition) is 2. The van der Waals surface area contributed by atoms with Crippen molar-refractivity contribution in [3.8, 4) is 23.0 Å². The average molecular weight is 1300 g/mol. The van der Waals surface area contributed by atoms with Crippen LogP contribution in [0.15, 0.2) is 102 Å². The van der Waals surface area contributed by atoms with Gasteiger partial charge in [-0.2, -0.15) is 0 Å². The third kappa shape index (κ3) is 9.12. The van der Waals surface area contributed by atoms with E-state index in [2.05, 4.69) is 191 Å². The summed E-state index contributed by atoms with van der Waals surface area (Å²) >= 11 is 41.7. The van der Waals surface area contributed by atoms with Crippen LogP contribution in [0.1, 0.15) is 0 Å². The molecule has 0 aliphatic heterocycles. The standard InChI is InChI=1S/2C12H4Br6O/c2*13-5-1-2-9(12(18)11(5)17)19-10-4-7(15)6(14)3-8(10)16/h2*1-4H/i3+1,4+1,6+1,7+1,8+1,10+1;1+1,2+1,5+1,9+1,11+1,12+1. The minimum atomic E-state index is 0.727. The lowest BCUT2D eigenvalue weighted by molar-refractivity contribution is 0.475. The van der Waals surface area contributed by atoms with Gasteiger partial charge in [0.15, 0.2) is 0 Å². The van der Waals surface area contributed by atoms with Gasteiger partial charge in [0.25, 0.3) is 0 Å². The van der Waals surface area contributed by atoms with Crippen LogP contribution >= 0.6 is 191 Å². The zero-order valence-electron chi connectivity index (χ0n) is 18.0. The zero-order chi connectivity index (χ0) is 28.3. The smallest absolute Gasteiger partial charge is 0.142 e. The lowest BCUT2D eigenvalue weighted by Crippen LogP contribution is -1.88. The Balaban J connectivity index is 0.000000211. The maximum Gasteiger partial charge on any atom is 0.142 e. The van der Waals surface area contributed by atoms with Gasteiger partial charge in [0.05, 0.1) is 17.9 Å². The van der Waals surface area contributed by atoms with E-state index >= 15 is 0 Å². The van der Waals surface area contributed by atoms with Crippen LogP contribution in [0, 0.1) is 0 Å². The average Bonchev–Trinajstić information content (AvgIpc) is 2.86. The first-order chi connectivity index (χ1) is 17.8. The molecule has 0 N–H and O–H groups in total. The van der Waals surface area contributed by atoms with Gasteiger partial charge in [0.2, 0.25) is 0 Å². The molecule has 4 aromatic rings. The number of rotatable bonds is 4. The fourth-order valence-electron chi connectivity index (χ4n) is 2.58. The number of halogens is 12. The molecule has 0 amide bonds. The van der Waals surface area contributed by atoms with E-state index in [-0.39, 0.29) is 0 Å². The summed E-state index contributed by atoms with van der Waals surface area (Å²) in [6.07, 6.45) is 0. The first-order valence-electron chi connectivity index (χ1n) is 9.72. The van der Waals surface area contributed by atoms with Crippen LogP contribution in [0.3, 0.4) is 0 Å². The maximum absolute atomic E-state index is 5.92. The Bertz CT molecular complexity index is 1390. The summed E-state index contributed by atoms with van der Waals surface area (Å²) in [5.41, 5.74) is 0. The molecule has 4 aromatic carbocycles. The Morgan fingerprint density at radius 1 is 0.289 bits per heavy atom. The largest absolute Gasteiger partial charge is 0.455 e. The monoisotopic (exact) mass is 1290 g/mol. The van der Waals surface area contributed by atoms with Gasteiger partial charge in [0.1, 0.15) is 23.0 Å². The van der Waals surface area contributed by atoms with Crippen molar-refractivity contribution in [1.82, 2.24) is 0 Å². The third-order valence-electron chi connectivity index (χ3n) is 4.39. The summed E-state index contributed by atoms with van der Waals surface area (Å²) in [6.45, 7) is 0. The van der Waals surface area contributed by atoms with E-state index in [1.807, 2.05) is 48.5 Å². The predicted molar refractivity (Wildman–Crippen MR) is 198 cm³/mol. The second kappa shape index (κ2) is 15.8. The van der Waals surface area contributed by atoms with Crippen molar-refractivity contribution >= 4 is 191 Å². The van der Waals surface area contributed by atoms with Crippen molar-refractivity contribution in [2.45, 2.75) is 0 Å². The molecular formula is C24H8Br12O2. The van der Waals surface area contributed by atoms with Crippen LogP contribution in [0.5, 0.6) is 23.0 Å². The van der Waals surface area contributed by atoms with Crippen LogP contribution in [-0.2, 0) is 0 Å². The van der Waals surface area contributed by atoms with E-state index in [1.54, 1.807) is 0 Å². The second-order valence-corrected chi connectivity index (χ2v) is 17.0. The fourth-order valence-corrected chi connectivity index (χ4v) is 8.07. The Morgan fingerprint density at radius 2 is 0.605 bits per heavy atom. The second-order valence-electron chi connectivity index (χ2n) is 6.94. The van der Waals surface area contributed by atoms with Crippen molar-refractivity contribution in [3.63, 3.8) is 0 Å². The molecule has 0 spiro atoms. The highest BCUT2D eigenvalue weighted by Crippen LogP contribution is 2.44. The summed E-state index contributed by atoms with van der Waals surface area (Å²) < 4.78 is 22.8. The molecule has 0 unspecified atom stereocenters. The normalized spacial score (nSPS) is 10.6. The van der Waals surface area contributed by atoms with E-state index in [4.69, 9.17) is 9.47 Å². The van der Waals surface area contributed by atoms with Gasteiger partial charge in [-0.25, -0.2) is 0 Å². The number of ether oxygens (including phenoxy) is 2. The molecule has 0 aliphatic carbocycles. The van der Waals surface area contributed by atoms with E-state index in [0.717, 1.165) is 76.7 Å². The summed E-state index contributed by atoms with van der Waals surface area (Å²) in [5, 5.41) is 0. The fraction of sp³-hybridized carbons (Fsp3) is 0. The van der Waals surface area contributed by atoms with Crippen molar-refractivity contribution in [3.05, 3.63) is 102 Å². The van der Waals surface area contributed by atoms with E-state index in [0.29, 0.717) is 0 Å². The lowest BCUT2D eigenvalue weighted by Gasteiger charge is -2.12. The summed E-state index contributed by atoms with van der Waals surface area (Å²) in [5.74, 6) is 2.91. The van der Waals surface area contributed by atoms with Crippen LogP contribution in [0.25, 0.3) is 0 Å². The number of hydrogen-bond donors (Lipinski definition) is 0. The van der Waals surface area contributed by atoms with E-state index < -0.39 is 0 Å². The van der Waals surface area contributed by atoms with E-state index in [9.17, 15) is 0 Å². The third-order valence-corrected chi connectivity index (χ3v) is 16.0. The molecule has 0 fully saturated rings. The molecule has 0 bridgehead atoms. The highest BCUT2D eigenvalue weighted by atomic mass is 79.9. The summed E-state index contributed by atoms with van der Waals surface area (Å²) in [4.78, 5) is 0. The molecular weight excluding hydrogens is 1290 g/mol. The van der Waals surface area contributed by atoms with Gasteiger partial charge in [0, 0.05) is 35.8 Å². The first-order valence-corrected chi connectivity index (χ1v) is 19.2. The Labute approximate surface area is 320 Å². The van der Waals surface area contributed by atoms with Gasteiger partial charge in [-0.3, -0.25) is 0 Å². The van der Waals surface area contributed by atoms with Crippen LogP contribution in [-0.4, -0.2) is 0 Å². The summed E-state index contributed by atoms with van der Waals surface area (Å²) in [6, 6.07) is 15.3. The van der Waals surface area contributed by atoms with Gasteiger partial charge in [-0.05, 0) is 240 Å². The molecule has 0 saturated carbocycles. The molecule has 0 radical (unpaired) electrons. The van der Waals surface area contributed by atoms with Gasteiger partial charge < -0.3 is 9.47 Å². The predicted octanol–water partition coefficient (Wildman–Crippen LogP) is 16.1. The summed E-state index contributed by atoms with van der Waals surface area (Å²) in [7, 11) is 0. The maximum atomic E-state index is 5.92. The molecule has 38 heavy (non-hydrogen) atoms. The van der Waals surface area contributed by atoms with Gasteiger partial charge >= 0.3 is 0 Å². The molecule has 0 atom stereocenters. The van der Waals surface area contributed by atoms with Gasteiger partial charge in [-0.1, -0.05) is 0 Å². The highest BCUT2D eigenvalue weighted by Gasteiger charge is 2.14. The van der Waals surface area contributed by atoms with Crippen molar-refractivity contribution in [2.75, 3.05) is 0 Å². The molecule has 2 nitrogen and oxygen atoms in total. The van der Waals surface area contributed by atoms with Crippen LogP contribution in [0.4, 0.5) is 0 Å². The van der Waals surface area contributed by atoms with Gasteiger partial charge in [-0.15, -0.1) is 0 Å². The molecule has 0 aliphatic rings. The van der Waals surface area contributed by atoms with Crippen LogP contribution in [0.2, 0.25) is 0 Å². The highest BCUT2D eigenvalue weighted by molar-refractivity contribution is 9.15. The quantitative estimate of drug-likeness (QED) is 0.150. The van der Waals surface area contributed by atoms with Crippen LogP contribution < -0.4 is 9.47 Å². The minimum absolute atomic E-state index is 0.727. The topological polar surface area (TPSA) is 18.5 Å². The van der Waals surface area contributed by atoms with Crippen molar-refractivity contribution in [2.24, 2.45) is 0 Å². The Morgan fingerprint density at radius 3 is 0.947 bits per heavy atom. The first kappa shape index (κ1) is 34.7. The molecule has 0 aromatic heterocycles. The van der Waals surface area contributed by atoms with Crippen molar-refractivity contribution < 1.29 is 9.47 Å². The number of benzene rings is 4. The molecule has 200 valence electrons. The minimum Gasteiger partial charge on any atom is -0.455 e.